The summed E-state index contributed by atoms with van der Waals surface area (Å²) in [7, 11) is 0. The zero-order valence-corrected chi connectivity index (χ0v) is 10.1. The first kappa shape index (κ1) is 12.2. The summed E-state index contributed by atoms with van der Waals surface area (Å²) in [5.74, 6) is 1.65. The molecule has 1 aliphatic rings. The van der Waals surface area contributed by atoms with Gasteiger partial charge in [-0.05, 0) is 13.0 Å². The monoisotopic (exact) mass is 237 g/mol. The van der Waals surface area contributed by atoms with E-state index in [1.54, 1.807) is 0 Å². The lowest BCUT2D eigenvalue weighted by Crippen LogP contribution is -2.28. The van der Waals surface area contributed by atoms with Gasteiger partial charge in [-0.2, -0.15) is 0 Å². The van der Waals surface area contributed by atoms with Gasteiger partial charge in [0.05, 0.1) is 19.8 Å². The van der Waals surface area contributed by atoms with Gasteiger partial charge in [-0.1, -0.05) is 12.1 Å². The number of hydrogen-bond donors (Lipinski definition) is 2. The summed E-state index contributed by atoms with van der Waals surface area (Å²) in [6.07, 6.45) is 0.911. The summed E-state index contributed by atoms with van der Waals surface area (Å²) in [5.41, 5.74) is 1.07. The van der Waals surface area contributed by atoms with Crippen LogP contribution in [0.4, 0.5) is 0 Å². The smallest absolute Gasteiger partial charge is 0.165 e. The Bertz CT molecular complexity index is 368. The third-order valence-electron chi connectivity index (χ3n) is 2.77. The van der Waals surface area contributed by atoms with Gasteiger partial charge in [0.1, 0.15) is 0 Å². The summed E-state index contributed by atoms with van der Waals surface area (Å²) in [6.45, 7) is 4.15. The van der Waals surface area contributed by atoms with Crippen LogP contribution in [-0.2, 0) is 6.54 Å². The number of para-hydroxylation sites is 1. The summed E-state index contributed by atoms with van der Waals surface area (Å²) < 4.78 is 11.3. The van der Waals surface area contributed by atoms with Crippen LogP contribution in [0.25, 0.3) is 0 Å². The predicted octanol–water partition coefficient (Wildman–Crippen LogP) is 1.32. The van der Waals surface area contributed by atoms with Gasteiger partial charge in [-0.15, -0.1) is 0 Å². The van der Waals surface area contributed by atoms with E-state index in [1.807, 2.05) is 25.1 Å². The van der Waals surface area contributed by atoms with E-state index in [2.05, 4.69) is 5.32 Å². The van der Waals surface area contributed by atoms with Crippen LogP contribution in [0.3, 0.4) is 0 Å². The highest BCUT2D eigenvalue weighted by Gasteiger charge is 2.14. The van der Waals surface area contributed by atoms with Gasteiger partial charge < -0.3 is 19.9 Å². The average Bonchev–Trinajstić information content (AvgIpc) is 2.61. The Kier molecular flexibility index (Phi) is 4.23. The van der Waals surface area contributed by atoms with Crippen molar-refractivity contribution in [1.29, 1.82) is 0 Å². The minimum absolute atomic E-state index is 0.0811. The molecule has 0 aliphatic carbocycles. The summed E-state index contributed by atoms with van der Waals surface area (Å²) >= 11 is 0. The van der Waals surface area contributed by atoms with E-state index >= 15 is 0 Å². The first-order chi connectivity index (χ1) is 8.31. The van der Waals surface area contributed by atoms with Crippen LogP contribution >= 0.6 is 0 Å². The molecule has 0 amide bonds. The Morgan fingerprint density at radius 3 is 3.00 bits per heavy atom. The van der Waals surface area contributed by atoms with Crippen LogP contribution in [0.2, 0.25) is 0 Å². The van der Waals surface area contributed by atoms with E-state index in [-0.39, 0.29) is 12.6 Å². The maximum Gasteiger partial charge on any atom is 0.165 e. The van der Waals surface area contributed by atoms with Gasteiger partial charge in [0.2, 0.25) is 0 Å². The summed E-state index contributed by atoms with van der Waals surface area (Å²) in [6, 6.07) is 6.00. The van der Waals surface area contributed by atoms with Crippen molar-refractivity contribution in [1.82, 2.24) is 5.32 Å². The van der Waals surface area contributed by atoms with Crippen molar-refractivity contribution in [3.05, 3.63) is 23.8 Å². The molecule has 0 fully saturated rings. The quantitative estimate of drug-likeness (QED) is 0.829. The van der Waals surface area contributed by atoms with Crippen molar-refractivity contribution in [2.75, 3.05) is 19.8 Å². The van der Waals surface area contributed by atoms with Gasteiger partial charge in [-0.25, -0.2) is 0 Å². The molecule has 2 N–H and O–H groups in total. The Morgan fingerprint density at radius 2 is 2.18 bits per heavy atom. The van der Waals surface area contributed by atoms with Gasteiger partial charge >= 0.3 is 0 Å². The molecular formula is C13H19NO3. The second-order valence-corrected chi connectivity index (χ2v) is 4.26. The number of ether oxygens (including phenoxy) is 2. The van der Waals surface area contributed by atoms with Gasteiger partial charge in [0.25, 0.3) is 0 Å². The molecule has 94 valence electrons. The molecule has 1 aromatic carbocycles. The van der Waals surface area contributed by atoms with Crippen molar-refractivity contribution in [2.45, 2.75) is 25.9 Å². The summed E-state index contributed by atoms with van der Waals surface area (Å²) in [4.78, 5) is 0. The van der Waals surface area contributed by atoms with Crippen LogP contribution in [-0.4, -0.2) is 31.0 Å². The van der Waals surface area contributed by atoms with Gasteiger partial charge in [0, 0.05) is 24.6 Å². The molecular weight excluding hydrogens is 218 g/mol. The Labute approximate surface area is 102 Å². The Balaban J connectivity index is 2.11. The van der Waals surface area contributed by atoms with Crippen LogP contribution in [0, 0.1) is 0 Å². The van der Waals surface area contributed by atoms with Crippen molar-refractivity contribution in [3.63, 3.8) is 0 Å². The van der Waals surface area contributed by atoms with Crippen molar-refractivity contribution < 1.29 is 14.6 Å². The van der Waals surface area contributed by atoms with Crippen LogP contribution in [0.1, 0.15) is 18.9 Å². The molecule has 2 rings (SSSR count). The number of rotatable bonds is 4. The number of fused-ring (bicyclic) bond motifs is 1. The second kappa shape index (κ2) is 5.89. The lowest BCUT2D eigenvalue weighted by atomic mass is 10.1. The number of benzene rings is 1. The minimum atomic E-state index is 0.0811. The SMILES string of the molecule is C[C@H](CO)NCc1cccc2c1OCCCO2. The molecule has 0 spiro atoms. The molecule has 17 heavy (non-hydrogen) atoms. The van der Waals surface area contributed by atoms with E-state index in [0.29, 0.717) is 19.8 Å². The standard InChI is InChI=1S/C13H19NO3/c1-10(9-15)14-8-11-4-2-5-12-13(11)17-7-3-6-16-12/h2,4-5,10,14-15H,3,6-9H2,1H3/t10-/m1/s1. The molecule has 0 saturated carbocycles. The van der Waals surface area contributed by atoms with E-state index in [4.69, 9.17) is 14.6 Å². The first-order valence-corrected chi connectivity index (χ1v) is 6.03. The van der Waals surface area contributed by atoms with E-state index in [9.17, 15) is 0 Å². The van der Waals surface area contributed by atoms with E-state index in [0.717, 1.165) is 23.5 Å². The van der Waals surface area contributed by atoms with E-state index < -0.39 is 0 Å². The number of nitrogens with one attached hydrogen (secondary N) is 1. The Hall–Kier alpha value is -1.26. The molecule has 1 heterocycles. The zero-order valence-electron chi connectivity index (χ0n) is 10.1. The molecule has 0 saturated heterocycles. The number of aliphatic hydroxyl groups is 1. The molecule has 1 aromatic rings. The zero-order chi connectivity index (χ0) is 12.1. The maximum absolute atomic E-state index is 8.98. The van der Waals surface area contributed by atoms with Crippen LogP contribution in [0.5, 0.6) is 11.5 Å². The highest BCUT2D eigenvalue weighted by atomic mass is 16.5. The molecule has 0 radical (unpaired) electrons. The lowest BCUT2D eigenvalue weighted by Gasteiger charge is -2.15. The Morgan fingerprint density at radius 1 is 1.35 bits per heavy atom. The first-order valence-electron chi connectivity index (χ1n) is 6.03. The highest BCUT2D eigenvalue weighted by molar-refractivity contribution is 5.47. The van der Waals surface area contributed by atoms with Gasteiger partial charge in [0.15, 0.2) is 11.5 Å². The maximum atomic E-state index is 8.98. The molecule has 4 nitrogen and oxygen atoms in total. The van der Waals surface area contributed by atoms with Gasteiger partial charge in [-0.3, -0.25) is 0 Å². The van der Waals surface area contributed by atoms with E-state index in [1.165, 1.54) is 0 Å². The molecule has 0 unspecified atom stereocenters. The second-order valence-electron chi connectivity index (χ2n) is 4.26. The summed E-state index contributed by atoms with van der Waals surface area (Å²) in [5, 5.41) is 12.2. The number of hydrogen-bond acceptors (Lipinski definition) is 4. The van der Waals surface area contributed by atoms with Crippen molar-refractivity contribution >= 4 is 0 Å². The molecule has 0 aromatic heterocycles. The third-order valence-corrected chi connectivity index (χ3v) is 2.77. The fraction of sp³-hybridized carbons (Fsp3) is 0.538. The molecule has 1 atom stereocenters. The highest BCUT2D eigenvalue weighted by Crippen LogP contribution is 2.33. The minimum Gasteiger partial charge on any atom is -0.490 e. The fourth-order valence-electron chi connectivity index (χ4n) is 1.74. The largest absolute Gasteiger partial charge is 0.490 e. The van der Waals surface area contributed by atoms with Crippen LogP contribution in [0.15, 0.2) is 18.2 Å². The third kappa shape index (κ3) is 3.11. The fourth-order valence-corrected chi connectivity index (χ4v) is 1.74. The molecule has 4 heteroatoms. The average molecular weight is 237 g/mol. The molecule has 0 bridgehead atoms. The lowest BCUT2D eigenvalue weighted by molar-refractivity contribution is 0.250. The van der Waals surface area contributed by atoms with Crippen molar-refractivity contribution in [2.24, 2.45) is 0 Å². The molecule has 1 aliphatic heterocycles. The normalized spacial score (nSPS) is 16.4. The predicted molar refractivity (Wildman–Crippen MR) is 65.4 cm³/mol. The number of aliphatic hydroxyl groups excluding tert-OH is 1. The van der Waals surface area contributed by atoms with Crippen molar-refractivity contribution in [3.8, 4) is 11.5 Å². The topological polar surface area (TPSA) is 50.7 Å². The van der Waals surface area contributed by atoms with Crippen LogP contribution < -0.4 is 14.8 Å².